The van der Waals surface area contributed by atoms with Crippen molar-refractivity contribution in [1.82, 2.24) is 4.98 Å². The minimum atomic E-state index is 0.894. The van der Waals surface area contributed by atoms with Crippen LogP contribution in [-0.2, 0) is 0 Å². The Labute approximate surface area is 77.8 Å². The molecule has 2 rings (SSSR count). The molecule has 0 atom stereocenters. The standard InChI is InChI=1S/C8H6INO/c1-5-4-10-8(9)7-6(5)2-3-11-7/h2-4H,1H3. The van der Waals surface area contributed by atoms with Crippen molar-refractivity contribution >= 4 is 33.6 Å². The summed E-state index contributed by atoms with van der Waals surface area (Å²) < 4.78 is 6.18. The minimum Gasteiger partial charge on any atom is -0.462 e. The maximum atomic E-state index is 5.26. The summed E-state index contributed by atoms with van der Waals surface area (Å²) in [6.07, 6.45) is 3.56. The van der Waals surface area contributed by atoms with E-state index in [2.05, 4.69) is 27.6 Å². The van der Waals surface area contributed by atoms with Crippen molar-refractivity contribution in [2.24, 2.45) is 0 Å². The third-order valence-corrected chi connectivity index (χ3v) is 2.42. The van der Waals surface area contributed by atoms with Gasteiger partial charge in [-0.25, -0.2) is 4.98 Å². The van der Waals surface area contributed by atoms with Crippen molar-refractivity contribution < 1.29 is 4.42 Å². The van der Waals surface area contributed by atoms with Crippen LogP contribution in [0.3, 0.4) is 0 Å². The van der Waals surface area contributed by atoms with Crippen LogP contribution in [0.25, 0.3) is 11.0 Å². The van der Waals surface area contributed by atoms with Gasteiger partial charge >= 0.3 is 0 Å². The predicted octanol–water partition coefficient (Wildman–Crippen LogP) is 2.74. The molecule has 0 N–H and O–H groups in total. The molecule has 0 aliphatic rings. The quantitative estimate of drug-likeness (QED) is 0.537. The highest BCUT2D eigenvalue weighted by Gasteiger charge is 2.04. The van der Waals surface area contributed by atoms with E-state index in [1.165, 1.54) is 0 Å². The zero-order valence-corrected chi connectivity index (χ0v) is 8.12. The number of furan rings is 1. The molecule has 0 aromatic carbocycles. The van der Waals surface area contributed by atoms with E-state index in [1.54, 1.807) is 6.26 Å². The molecule has 0 amide bonds. The highest BCUT2D eigenvalue weighted by atomic mass is 127. The molecule has 11 heavy (non-hydrogen) atoms. The van der Waals surface area contributed by atoms with Crippen molar-refractivity contribution in [3.63, 3.8) is 0 Å². The lowest BCUT2D eigenvalue weighted by Gasteiger charge is -1.94. The van der Waals surface area contributed by atoms with E-state index in [1.807, 2.05) is 19.2 Å². The summed E-state index contributed by atoms with van der Waals surface area (Å²) in [6, 6.07) is 1.97. The van der Waals surface area contributed by atoms with E-state index in [0.717, 1.165) is 20.2 Å². The predicted molar refractivity (Wildman–Crippen MR) is 51.5 cm³/mol. The van der Waals surface area contributed by atoms with Crippen molar-refractivity contribution in [2.45, 2.75) is 6.92 Å². The molecule has 0 saturated carbocycles. The first-order valence-electron chi connectivity index (χ1n) is 3.27. The lowest BCUT2D eigenvalue weighted by molar-refractivity contribution is 0.611. The van der Waals surface area contributed by atoms with Gasteiger partial charge in [-0.15, -0.1) is 0 Å². The van der Waals surface area contributed by atoms with E-state index < -0.39 is 0 Å². The van der Waals surface area contributed by atoms with Crippen LogP contribution in [0.1, 0.15) is 5.56 Å². The smallest absolute Gasteiger partial charge is 0.165 e. The Morgan fingerprint density at radius 3 is 3.09 bits per heavy atom. The maximum absolute atomic E-state index is 5.26. The van der Waals surface area contributed by atoms with Crippen molar-refractivity contribution in [3.8, 4) is 0 Å². The second-order valence-electron chi connectivity index (χ2n) is 2.40. The fourth-order valence-corrected chi connectivity index (χ4v) is 1.62. The zero-order valence-electron chi connectivity index (χ0n) is 5.97. The largest absolute Gasteiger partial charge is 0.462 e. The minimum absolute atomic E-state index is 0.894. The molecule has 2 heterocycles. The summed E-state index contributed by atoms with van der Waals surface area (Å²) in [4.78, 5) is 4.17. The molecular formula is C8H6INO. The average molecular weight is 259 g/mol. The van der Waals surface area contributed by atoms with Gasteiger partial charge in [-0.05, 0) is 41.1 Å². The Hall–Kier alpha value is -0.580. The summed E-state index contributed by atoms with van der Waals surface area (Å²) in [5.74, 6) is 0. The molecule has 0 spiro atoms. The van der Waals surface area contributed by atoms with Crippen LogP contribution in [0, 0.1) is 10.6 Å². The van der Waals surface area contributed by atoms with Gasteiger partial charge in [0.15, 0.2) is 5.58 Å². The summed E-state index contributed by atoms with van der Waals surface area (Å²) in [5.41, 5.74) is 2.06. The first kappa shape index (κ1) is 7.09. The van der Waals surface area contributed by atoms with Crippen LogP contribution in [0.2, 0.25) is 0 Å². The molecule has 0 aliphatic carbocycles. The number of hydrogen-bond acceptors (Lipinski definition) is 2. The van der Waals surface area contributed by atoms with Crippen LogP contribution in [-0.4, -0.2) is 4.98 Å². The number of fused-ring (bicyclic) bond motifs is 1. The Morgan fingerprint density at radius 2 is 2.36 bits per heavy atom. The second kappa shape index (κ2) is 2.48. The molecule has 0 unspecified atom stereocenters. The Balaban J connectivity index is 2.96. The first-order chi connectivity index (χ1) is 5.29. The number of aromatic nitrogens is 1. The Bertz CT molecular complexity index is 358. The number of rotatable bonds is 0. The van der Waals surface area contributed by atoms with Gasteiger partial charge in [0, 0.05) is 11.6 Å². The van der Waals surface area contributed by atoms with E-state index in [4.69, 9.17) is 4.42 Å². The molecule has 0 fully saturated rings. The number of halogens is 1. The molecule has 0 bridgehead atoms. The summed E-state index contributed by atoms with van der Waals surface area (Å²) in [5, 5.41) is 1.16. The molecule has 56 valence electrons. The van der Waals surface area contributed by atoms with Crippen LogP contribution < -0.4 is 0 Å². The molecule has 2 nitrogen and oxygen atoms in total. The number of nitrogens with zero attached hydrogens (tertiary/aromatic N) is 1. The monoisotopic (exact) mass is 259 g/mol. The van der Waals surface area contributed by atoms with Crippen LogP contribution >= 0.6 is 22.6 Å². The fourth-order valence-electron chi connectivity index (χ4n) is 1.06. The van der Waals surface area contributed by atoms with E-state index in [-0.39, 0.29) is 0 Å². The SMILES string of the molecule is Cc1cnc(I)c2occc12. The summed E-state index contributed by atoms with van der Waals surface area (Å²) in [6.45, 7) is 2.03. The van der Waals surface area contributed by atoms with Crippen LogP contribution in [0.4, 0.5) is 0 Å². The van der Waals surface area contributed by atoms with Crippen molar-refractivity contribution in [3.05, 3.63) is 27.8 Å². The van der Waals surface area contributed by atoms with Crippen molar-refractivity contribution in [2.75, 3.05) is 0 Å². The van der Waals surface area contributed by atoms with Gasteiger partial charge < -0.3 is 4.42 Å². The van der Waals surface area contributed by atoms with Gasteiger partial charge in [0.1, 0.15) is 3.70 Å². The zero-order chi connectivity index (χ0) is 7.84. The fraction of sp³-hybridized carbons (Fsp3) is 0.125. The number of hydrogen-bond donors (Lipinski definition) is 0. The lowest BCUT2D eigenvalue weighted by Crippen LogP contribution is -1.82. The maximum Gasteiger partial charge on any atom is 0.165 e. The van der Waals surface area contributed by atoms with Gasteiger partial charge in [0.25, 0.3) is 0 Å². The van der Waals surface area contributed by atoms with Gasteiger partial charge in [-0.3, -0.25) is 0 Å². The molecule has 3 heteroatoms. The molecule has 2 aromatic heterocycles. The topological polar surface area (TPSA) is 26.0 Å². The van der Waals surface area contributed by atoms with E-state index in [0.29, 0.717) is 0 Å². The number of aryl methyl sites for hydroxylation is 1. The van der Waals surface area contributed by atoms with Gasteiger partial charge in [0.2, 0.25) is 0 Å². The molecule has 0 saturated heterocycles. The highest BCUT2D eigenvalue weighted by molar-refractivity contribution is 14.1. The molecule has 0 aliphatic heterocycles. The van der Waals surface area contributed by atoms with Crippen LogP contribution in [0.5, 0.6) is 0 Å². The third-order valence-electron chi connectivity index (χ3n) is 1.65. The summed E-state index contributed by atoms with van der Waals surface area (Å²) >= 11 is 2.17. The van der Waals surface area contributed by atoms with Crippen molar-refractivity contribution in [1.29, 1.82) is 0 Å². The first-order valence-corrected chi connectivity index (χ1v) is 4.35. The Kier molecular flexibility index (Phi) is 1.60. The van der Waals surface area contributed by atoms with Gasteiger partial charge in [0.05, 0.1) is 6.26 Å². The molecule has 0 radical (unpaired) electrons. The average Bonchev–Trinajstić information content (AvgIpc) is 2.45. The van der Waals surface area contributed by atoms with E-state index in [9.17, 15) is 0 Å². The molecular weight excluding hydrogens is 253 g/mol. The normalized spacial score (nSPS) is 10.7. The van der Waals surface area contributed by atoms with Gasteiger partial charge in [-0.2, -0.15) is 0 Å². The Morgan fingerprint density at radius 1 is 1.55 bits per heavy atom. The van der Waals surface area contributed by atoms with E-state index >= 15 is 0 Å². The van der Waals surface area contributed by atoms with Gasteiger partial charge in [-0.1, -0.05) is 0 Å². The molecule has 2 aromatic rings. The lowest BCUT2D eigenvalue weighted by atomic mass is 10.2. The van der Waals surface area contributed by atoms with Crippen LogP contribution in [0.15, 0.2) is 22.9 Å². The third kappa shape index (κ3) is 1.03. The second-order valence-corrected chi connectivity index (χ2v) is 3.42. The summed E-state index contributed by atoms with van der Waals surface area (Å²) in [7, 11) is 0. The number of pyridine rings is 1. The highest BCUT2D eigenvalue weighted by Crippen LogP contribution is 2.22.